The van der Waals surface area contributed by atoms with Crippen LogP contribution in [0, 0.1) is 12.3 Å². The molecule has 1 amide bonds. The van der Waals surface area contributed by atoms with E-state index in [-0.39, 0.29) is 33.6 Å². The minimum Gasteiger partial charge on any atom is -0.277 e. The van der Waals surface area contributed by atoms with Crippen LogP contribution in [0.15, 0.2) is 68.2 Å². The smallest absolute Gasteiger partial charge is 0.265 e. The fourth-order valence-corrected chi connectivity index (χ4v) is 7.05. The van der Waals surface area contributed by atoms with Crippen molar-refractivity contribution in [3.05, 3.63) is 69.6 Å². The summed E-state index contributed by atoms with van der Waals surface area (Å²) in [6.45, 7) is 8.17. The molecule has 180 valence electrons. The molecular formula is C24H26ClN3O3S3. The molecule has 2 aliphatic heterocycles. The number of halogens is 1. The molecule has 6 nitrogen and oxygen atoms in total. The largest absolute Gasteiger partial charge is 0.277 e. The lowest BCUT2D eigenvalue weighted by molar-refractivity contribution is -0.128. The lowest BCUT2D eigenvalue weighted by atomic mass is 9.94. The number of aryl methyl sites for hydroxylation is 1. The number of amides is 1. The number of sulfonamides is 1. The molecule has 0 spiro atoms. The highest BCUT2D eigenvalue weighted by molar-refractivity contribution is 8.04. The third-order valence-electron chi connectivity index (χ3n) is 5.60. The van der Waals surface area contributed by atoms with E-state index in [0.29, 0.717) is 10.6 Å². The molecule has 0 aromatic heterocycles. The number of guanidine groups is 1. The number of thioether (sulfide) groups is 1. The van der Waals surface area contributed by atoms with Crippen LogP contribution in [0.3, 0.4) is 0 Å². The van der Waals surface area contributed by atoms with Crippen LogP contribution in [0.5, 0.6) is 0 Å². The summed E-state index contributed by atoms with van der Waals surface area (Å²) in [4.78, 5) is 21.0. The number of nitrogens with zero attached hydrogens (tertiary/aromatic N) is 2. The summed E-state index contributed by atoms with van der Waals surface area (Å²) in [5.41, 5.74) is 1.34. The zero-order chi connectivity index (χ0) is 24.8. The SMILES string of the molecule is Cc1cc(S(=O)(=O)NC2=NC3C=C(C(C)(C)C)SC3C(=O)N2Cc2ccccc2)c(S)cc1Cl. The molecule has 0 fully saturated rings. The van der Waals surface area contributed by atoms with E-state index in [1.807, 2.05) is 36.4 Å². The molecule has 0 radical (unpaired) electrons. The van der Waals surface area contributed by atoms with Crippen LogP contribution in [0.4, 0.5) is 0 Å². The van der Waals surface area contributed by atoms with Crippen molar-refractivity contribution in [2.24, 2.45) is 10.4 Å². The first-order valence-corrected chi connectivity index (χ1v) is 13.9. The van der Waals surface area contributed by atoms with Crippen molar-refractivity contribution in [2.45, 2.75) is 55.3 Å². The summed E-state index contributed by atoms with van der Waals surface area (Å²) >= 11 is 11.9. The second-order valence-electron chi connectivity index (χ2n) is 9.35. The van der Waals surface area contributed by atoms with Crippen molar-refractivity contribution in [1.29, 1.82) is 0 Å². The van der Waals surface area contributed by atoms with Crippen LogP contribution in [-0.4, -0.2) is 36.5 Å². The van der Waals surface area contributed by atoms with E-state index in [9.17, 15) is 13.2 Å². The molecular weight excluding hydrogens is 510 g/mol. The Balaban J connectivity index is 1.74. The third kappa shape index (κ3) is 5.03. The van der Waals surface area contributed by atoms with Gasteiger partial charge in [0.15, 0.2) is 0 Å². The van der Waals surface area contributed by atoms with Crippen LogP contribution in [0.25, 0.3) is 0 Å². The van der Waals surface area contributed by atoms with Gasteiger partial charge in [0.1, 0.15) is 10.1 Å². The van der Waals surface area contributed by atoms with Gasteiger partial charge in [-0.15, -0.1) is 24.4 Å². The lowest BCUT2D eigenvalue weighted by Gasteiger charge is -2.33. The van der Waals surface area contributed by atoms with E-state index in [1.54, 1.807) is 6.92 Å². The number of carbonyl (C=O) groups is 1. The zero-order valence-electron chi connectivity index (χ0n) is 19.2. The molecule has 2 atom stereocenters. The Morgan fingerprint density at radius 1 is 1.21 bits per heavy atom. The van der Waals surface area contributed by atoms with Crippen LogP contribution in [0.2, 0.25) is 5.02 Å². The first-order valence-electron chi connectivity index (χ1n) is 10.7. The monoisotopic (exact) mass is 535 g/mol. The quantitative estimate of drug-likeness (QED) is 0.538. The number of fused-ring (bicyclic) bond motifs is 1. The van der Waals surface area contributed by atoms with Gasteiger partial charge in [0.2, 0.25) is 11.9 Å². The molecule has 0 aliphatic carbocycles. The molecule has 2 aromatic rings. The predicted molar refractivity (Wildman–Crippen MR) is 141 cm³/mol. The van der Waals surface area contributed by atoms with E-state index in [1.165, 1.54) is 28.8 Å². The van der Waals surface area contributed by atoms with Crippen molar-refractivity contribution < 1.29 is 13.2 Å². The zero-order valence-corrected chi connectivity index (χ0v) is 22.5. The number of thiol groups is 1. The number of carbonyl (C=O) groups excluding carboxylic acids is 1. The summed E-state index contributed by atoms with van der Waals surface area (Å²) < 4.78 is 29.3. The normalized spacial score (nSPS) is 20.6. The molecule has 2 aliphatic rings. The highest BCUT2D eigenvalue weighted by atomic mass is 35.5. The maximum absolute atomic E-state index is 13.6. The Morgan fingerprint density at radius 3 is 2.53 bits per heavy atom. The molecule has 4 rings (SSSR count). The minimum absolute atomic E-state index is 0.00227. The number of rotatable bonds is 4. The van der Waals surface area contributed by atoms with Gasteiger partial charge in [-0.1, -0.05) is 62.7 Å². The van der Waals surface area contributed by atoms with Crippen molar-refractivity contribution in [3.63, 3.8) is 0 Å². The van der Waals surface area contributed by atoms with E-state index in [2.05, 4.69) is 38.1 Å². The highest BCUT2D eigenvalue weighted by Crippen LogP contribution is 2.46. The molecule has 2 unspecified atom stereocenters. The van der Waals surface area contributed by atoms with E-state index < -0.39 is 21.3 Å². The minimum atomic E-state index is -4.09. The Hall–Kier alpha value is -1.94. The second-order valence-corrected chi connectivity index (χ2v) is 13.1. The van der Waals surface area contributed by atoms with Gasteiger partial charge in [-0.2, -0.15) is 0 Å². The van der Waals surface area contributed by atoms with Crippen LogP contribution < -0.4 is 4.72 Å². The predicted octanol–water partition coefficient (Wildman–Crippen LogP) is 5.03. The Kier molecular flexibility index (Phi) is 6.85. The summed E-state index contributed by atoms with van der Waals surface area (Å²) in [6.07, 6.45) is 1.97. The van der Waals surface area contributed by atoms with Gasteiger partial charge in [0.05, 0.1) is 12.6 Å². The van der Waals surface area contributed by atoms with Crippen molar-refractivity contribution in [1.82, 2.24) is 9.62 Å². The molecule has 0 saturated heterocycles. The van der Waals surface area contributed by atoms with Gasteiger partial charge in [0, 0.05) is 9.92 Å². The lowest BCUT2D eigenvalue weighted by Crippen LogP contribution is -2.54. The maximum Gasteiger partial charge on any atom is 0.265 e. The molecule has 2 heterocycles. The van der Waals surface area contributed by atoms with Gasteiger partial charge in [0.25, 0.3) is 10.0 Å². The van der Waals surface area contributed by atoms with Crippen molar-refractivity contribution >= 4 is 57.9 Å². The average Bonchev–Trinajstić information content (AvgIpc) is 3.19. The molecule has 34 heavy (non-hydrogen) atoms. The number of nitrogens with one attached hydrogen (secondary N) is 1. The number of aliphatic imine (C=N–C) groups is 1. The summed E-state index contributed by atoms with van der Waals surface area (Å²) in [6, 6.07) is 11.9. The van der Waals surface area contributed by atoms with E-state index >= 15 is 0 Å². The van der Waals surface area contributed by atoms with Crippen LogP contribution in [0.1, 0.15) is 31.9 Å². The van der Waals surface area contributed by atoms with Gasteiger partial charge in [-0.3, -0.25) is 9.69 Å². The van der Waals surface area contributed by atoms with Crippen molar-refractivity contribution in [3.8, 4) is 0 Å². The number of hydrogen-bond acceptors (Lipinski definition) is 6. The third-order valence-corrected chi connectivity index (χ3v) is 9.63. The molecule has 0 saturated carbocycles. The Labute approximate surface area is 215 Å². The highest BCUT2D eigenvalue weighted by Gasteiger charge is 2.45. The summed E-state index contributed by atoms with van der Waals surface area (Å²) in [7, 11) is -4.09. The summed E-state index contributed by atoms with van der Waals surface area (Å²) in [5.74, 6) is -0.178. The second kappa shape index (κ2) is 9.26. The van der Waals surface area contributed by atoms with Crippen molar-refractivity contribution in [2.75, 3.05) is 0 Å². The maximum atomic E-state index is 13.6. The Bertz CT molecular complexity index is 1300. The van der Waals surface area contributed by atoms with Crippen LogP contribution in [-0.2, 0) is 21.4 Å². The van der Waals surface area contributed by atoms with Gasteiger partial charge in [-0.25, -0.2) is 18.1 Å². The fraction of sp³-hybridized carbons (Fsp3) is 0.333. The molecule has 2 aromatic carbocycles. The van der Waals surface area contributed by atoms with Gasteiger partial charge >= 0.3 is 0 Å². The Morgan fingerprint density at radius 2 is 1.88 bits per heavy atom. The molecule has 0 bridgehead atoms. The van der Waals surface area contributed by atoms with E-state index in [4.69, 9.17) is 16.6 Å². The molecule has 10 heteroatoms. The van der Waals surface area contributed by atoms with Crippen LogP contribution >= 0.6 is 36.0 Å². The first kappa shape index (κ1) is 25.2. The molecule has 1 N–H and O–H groups in total. The fourth-order valence-electron chi connectivity index (χ4n) is 3.72. The standard InChI is InChI=1S/C24H26ClN3O3S3/c1-14-10-19(18(32)11-16(14)25)34(30,31)27-23-26-17-12-20(24(2,3)4)33-21(17)22(29)28(23)13-15-8-6-5-7-9-15/h5-12,17,21,32H,13H2,1-4H3,(H,26,27). The van der Waals surface area contributed by atoms with Gasteiger partial charge in [-0.05, 0) is 46.6 Å². The topological polar surface area (TPSA) is 78.8 Å². The number of hydrogen-bond donors (Lipinski definition) is 2. The summed E-state index contributed by atoms with van der Waals surface area (Å²) in [5, 5.41) is -0.00471. The average molecular weight is 536 g/mol. The first-order chi connectivity index (χ1) is 15.9. The van der Waals surface area contributed by atoms with Gasteiger partial charge < -0.3 is 0 Å². The van der Waals surface area contributed by atoms with E-state index in [0.717, 1.165) is 10.5 Å². The number of benzene rings is 2. The number of allylic oxidation sites excluding steroid dienone is 1.